The van der Waals surface area contributed by atoms with E-state index in [9.17, 15) is 0 Å². The second-order valence-corrected chi connectivity index (χ2v) is 6.30. The average Bonchev–Trinajstić information content (AvgIpc) is 2.49. The fourth-order valence-corrected chi connectivity index (χ4v) is 3.45. The molecule has 2 nitrogen and oxygen atoms in total. The van der Waals surface area contributed by atoms with E-state index in [1.807, 2.05) is 12.1 Å². The lowest BCUT2D eigenvalue weighted by Crippen LogP contribution is -2.63. The van der Waals surface area contributed by atoms with Crippen molar-refractivity contribution in [3.63, 3.8) is 0 Å². The molecule has 1 N–H and O–H groups in total. The van der Waals surface area contributed by atoms with Crippen LogP contribution in [0.4, 0.5) is 0 Å². The molecule has 1 atom stereocenters. The van der Waals surface area contributed by atoms with Crippen LogP contribution in [0.5, 0.6) is 0 Å². The van der Waals surface area contributed by atoms with Crippen LogP contribution in [-0.2, 0) is 6.54 Å². The van der Waals surface area contributed by atoms with E-state index in [0.29, 0.717) is 6.04 Å². The highest BCUT2D eigenvalue weighted by atomic mass is 35.5. The van der Waals surface area contributed by atoms with Gasteiger partial charge in [0.05, 0.1) is 0 Å². The Kier molecular flexibility index (Phi) is 5.48. The Morgan fingerprint density at radius 1 is 1.25 bits per heavy atom. The first-order valence-corrected chi connectivity index (χ1v) is 8.24. The summed E-state index contributed by atoms with van der Waals surface area (Å²) < 4.78 is 0. The van der Waals surface area contributed by atoms with Gasteiger partial charge in [0.15, 0.2) is 0 Å². The number of nitrogens with zero attached hydrogens (tertiary/aromatic N) is 1. The Morgan fingerprint density at radius 2 is 1.95 bits per heavy atom. The first kappa shape index (κ1) is 15.8. The molecule has 0 spiro atoms. The Hall–Kier alpha value is -0.570. The van der Waals surface area contributed by atoms with Gasteiger partial charge >= 0.3 is 0 Å². The molecule has 0 aromatic heterocycles. The third-order valence-corrected chi connectivity index (χ3v) is 5.33. The molecular weight excluding hydrogens is 268 g/mol. The predicted molar refractivity (Wildman–Crippen MR) is 87.3 cm³/mol. The molecule has 1 unspecified atom stereocenters. The molecule has 1 fully saturated rings. The van der Waals surface area contributed by atoms with Crippen LogP contribution in [0.15, 0.2) is 24.3 Å². The fourth-order valence-electron chi connectivity index (χ4n) is 3.26. The summed E-state index contributed by atoms with van der Waals surface area (Å²) in [6.45, 7) is 10.0. The van der Waals surface area contributed by atoms with Crippen molar-refractivity contribution in [1.82, 2.24) is 10.2 Å². The van der Waals surface area contributed by atoms with Crippen molar-refractivity contribution in [2.45, 2.75) is 58.2 Å². The van der Waals surface area contributed by atoms with Crippen LogP contribution < -0.4 is 5.32 Å². The number of hydrogen-bond acceptors (Lipinski definition) is 2. The van der Waals surface area contributed by atoms with E-state index >= 15 is 0 Å². The Bertz CT molecular complexity index is 429. The number of halogens is 1. The van der Waals surface area contributed by atoms with Gasteiger partial charge in [-0.15, -0.1) is 0 Å². The van der Waals surface area contributed by atoms with Crippen molar-refractivity contribution < 1.29 is 0 Å². The van der Waals surface area contributed by atoms with E-state index in [1.165, 1.54) is 24.8 Å². The number of rotatable bonds is 5. The van der Waals surface area contributed by atoms with Crippen LogP contribution in [0.3, 0.4) is 0 Å². The molecule has 0 radical (unpaired) electrons. The van der Waals surface area contributed by atoms with Crippen molar-refractivity contribution in [1.29, 1.82) is 0 Å². The Balaban J connectivity index is 2.21. The van der Waals surface area contributed by atoms with Crippen molar-refractivity contribution in [3.8, 4) is 0 Å². The minimum atomic E-state index is 0.269. The zero-order valence-electron chi connectivity index (χ0n) is 13.0. The van der Waals surface area contributed by atoms with Crippen LogP contribution >= 0.6 is 11.6 Å². The summed E-state index contributed by atoms with van der Waals surface area (Å²) in [6.07, 6.45) is 3.54. The maximum atomic E-state index is 6.35. The smallest absolute Gasteiger partial charge is 0.0451 e. The summed E-state index contributed by atoms with van der Waals surface area (Å²) in [5.74, 6) is 0. The van der Waals surface area contributed by atoms with Gasteiger partial charge in [-0.05, 0) is 30.9 Å². The van der Waals surface area contributed by atoms with Crippen LogP contribution in [0, 0.1) is 0 Å². The van der Waals surface area contributed by atoms with Crippen molar-refractivity contribution in [2.24, 2.45) is 0 Å². The topological polar surface area (TPSA) is 15.3 Å². The standard InChI is InChI=1S/C17H27ClN2/c1-4-15-12-20(17(5-2,6-3)13-19-15)11-14-9-7-8-10-16(14)18/h7-10,15,19H,4-6,11-13H2,1-3H3. The van der Waals surface area contributed by atoms with Crippen molar-refractivity contribution in [3.05, 3.63) is 34.9 Å². The molecule has 0 bridgehead atoms. The van der Waals surface area contributed by atoms with Gasteiger partial charge in [0.1, 0.15) is 0 Å². The quantitative estimate of drug-likeness (QED) is 0.880. The van der Waals surface area contributed by atoms with Crippen LogP contribution in [0.2, 0.25) is 5.02 Å². The van der Waals surface area contributed by atoms with Gasteiger partial charge < -0.3 is 5.32 Å². The molecular formula is C17H27ClN2. The third-order valence-electron chi connectivity index (χ3n) is 4.96. The van der Waals surface area contributed by atoms with Crippen LogP contribution in [-0.4, -0.2) is 29.6 Å². The highest BCUT2D eigenvalue weighted by Crippen LogP contribution is 2.30. The summed E-state index contributed by atoms with van der Waals surface area (Å²) in [4.78, 5) is 2.65. The van der Waals surface area contributed by atoms with Gasteiger partial charge in [-0.2, -0.15) is 0 Å². The molecule has 0 saturated carbocycles. The number of hydrogen-bond donors (Lipinski definition) is 1. The SMILES string of the molecule is CCC1CN(Cc2ccccc2Cl)C(CC)(CC)CN1. The summed E-state index contributed by atoms with van der Waals surface area (Å²) in [6, 6.07) is 8.84. The lowest BCUT2D eigenvalue weighted by atomic mass is 9.86. The van der Waals surface area contributed by atoms with Crippen LogP contribution in [0.25, 0.3) is 0 Å². The van der Waals surface area contributed by atoms with Gasteiger partial charge in [0.2, 0.25) is 0 Å². The number of piperazine rings is 1. The number of nitrogens with one attached hydrogen (secondary N) is 1. The zero-order chi connectivity index (χ0) is 14.6. The molecule has 1 aromatic rings. The maximum Gasteiger partial charge on any atom is 0.0451 e. The molecule has 2 rings (SSSR count). The molecule has 1 aliphatic heterocycles. The molecule has 1 aliphatic rings. The molecule has 0 aliphatic carbocycles. The molecule has 112 valence electrons. The van der Waals surface area contributed by atoms with E-state index in [2.05, 4.69) is 43.1 Å². The van der Waals surface area contributed by atoms with Crippen molar-refractivity contribution in [2.75, 3.05) is 13.1 Å². The summed E-state index contributed by atoms with van der Waals surface area (Å²) in [5, 5.41) is 4.61. The minimum Gasteiger partial charge on any atom is -0.311 e. The molecule has 1 aromatic carbocycles. The van der Waals surface area contributed by atoms with E-state index in [4.69, 9.17) is 11.6 Å². The molecule has 1 heterocycles. The van der Waals surface area contributed by atoms with E-state index in [-0.39, 0.29) is 5.54 Å². The van der Waals surface area contributed by atoms with E-state index < -0.39 is 0 Å². The normalized spacial score (nSPS) is 22.9. The average molecular weight is 295 g/mol. The third kappa shape index (κ3) is 3.19. The lowest BCUT2D eigenvalue weighted by Gasteiger charge is -2.50. The zero-order valence-corrected chi connectivity index (χ0v) is 13.7. The molecule has 1 saturated heterocycles. The van der Waals surface area contributed by atoms with Gasteiger partial charge in [0, 0.05) is 36.2 Å². The van der Waals surface area contributed by atoms with Gasteiger partial charge in [0.25, 0.3) is 0 Å². The van der Waals surface area contributed by atoms with Crippen LogP contribution in [0.1, 0.15) is 45.6 Å². The van der Waals surface area contributed by atoms with Gasteiger partial charge in [-0.25, -0.2) is 0 Å². The Labute approximate surface area is 128 Å². The maximum absolute atomic E-state index is 6.35. The summed E-state index contributed by atoms with van der Waals surface area (Å²) >= 11 is 6.35. The van der Waals surface area contributed by atoms with Gasteiger partial charge in [-0.1, -0.05) is 50.6 Å². The Morgan fingerprint density at radius 3 is 2.55 bits per heavy atom. The molecule has 3 heteroatoms. The van der Waals surface area contributed by atoms with E-state index in [0.717, 1.165) is 24.7 Å². The lowest BCUT2D eigenvalue weighted by molar-refractivity contribution is 0.0238. The monoisotopic (exact) mass is 294 g/mol. The van der Waals surface area contributed by atoms with Gasteiger partial charge in [-0.3, -0.25) is 4.90 Å². The first-order valence-electron chi connectivity index (χ1n) is 7.87. The molecule has 0 amide bonds. The highest BCUT2D eigenvalue weighted by molar-refractivity contribution is 6.31. The number of benzene rings is 1. The second kappa shape index (κ2) is 6.93. The highest BCUT2D eigenvalue weighted by Gasteiger charge is 2.38. The first-order chi connectivity index (χ1) is 9.65. The molecule has 20 heavy (non-hydrogen) atoms. The largest absolute Gasteiger partial charge is 0.311 e. The van der Waals surface area contributed by atoms with Crippen molar-refractivity contribution >= 4 is 11.6 Å². The predicted octanol–water partition coefficient (Wildman–Crippen LogP) is 4.08. The summed E-state index contributed by atoms with van der Waals surface area (Å²) in [5.41, 5.74) is 1.52. The second-order valence-electron chi connectivity index (χ2n) is 5.89. The fraction of sp³-hybridized carbons (Fsp3) is 0.647. The summed E-state index contributed by atoms with van der Waals surface area (Å²) in [7, 11) is 0. The van der Waals surface area contributed by atoms with E-state index in [1.54, 1.807) is 0 Å². The minimum absolute atomic E-state index is 0.269.